The molecule has 1 atom stereocenters. The van der Waals surface area contributed by atoms with E-state index in [1.807, 2.05) is 24.3 Å². The molecule has 0 aliphatic heterocycles. The number of rotatable bonds is 9. The van der Waals surface area contributed by atoms with Gasteiger partial charge in [-0.05, 0) is 60.5 Å². The summed E-state index contributed by atoms with van der Waals surface area (Å²) in [5.41, 5.74) is 1.25. The number of alkyl halides is 4. The summed E-state index contributed by atoms with van der Waals surface area (Å²) in [6.45, 7) is 2.33. The van der Waals surface area contributed by atoms with Crippen LogP contribution >= 0.6 is 11.6 Å². The molecule has 5 aromatic rings. The number of carbonyl (C=O) groups excluding carboxylic acids is 1. The number of carbonyl (C=O) groups is 1. The summed E-state index contributed by atoms with van der Waals surface area (Å²) in [7, 11) is 0. The first kappa shape index (κ1) is 29.1. The number of aromatic nitrogens is 2. The van der Waals surface area contributed by atoms with Crippen LogP contribution in [0, 0.1) is 0 Å². The van der Waals surface area contributed by atoms with Crippen LogP contribution in [0.4, 0.5) is 17.6 Å². The van der Waals surface area contributed by atoms with Crippen molar-refractivity contribution in [1.29, 1.82) is 0 Å². The summed E-state index contributed by atoms with van der Waals surface area (Å²) >= 11 is 5.94. The standard InChI is InChI=1S/C32H25ClF4N2O3/c1-2-41-28(40)18-20-6-8-21(9-7-20)19-42-25-16-12-22(13-17-25)30-26-4-3-5-27(32(35,36)37)29(26)38-39(30)31(34)23-10-14-24(33)15-11-23/h3-17,31H,2,18-19H2,1H3. The predicted octanol–water partition coefficient (Wildman–Crippen LogP) is 8.58. The first-order chi connectivity index (χ1) is 20.1. The molecule has 0 radical (unpaired) electrons. The fraction of sp³-hybridized carbons (Fsp3) is 0.188. The lowest BCUT2D eigenvalue weighted by atomic mass is 10.0. The highest BCUT2D eigenvalue weighted by molar-refractivity contribution is 6.30. The number of esters is 1. The molecule has 0 aliphatic rings. The Balaban J connectivity index is 1.42. The molecule has 0 bridgehead atoms. The Hall–Kier alpha value is -4.37. The quantitative estimate of drug-likeness (QED) is 0.126. The van der Waals surface area contributed by atoms with Crippen molar-refractivity contribution in [2.75, 3.05) is 6.61 Å². The number of fused-ring (bicyclic) bond motifs is 1. The fourth-order valence-corrected chi connectivity index (χ4v) is 4.70. The molecule has 5 rings (SSSR count). The minimum absolute atomic E-state index is 0.165. The Morgan fingerprint density at radius 2 is 1.60 bits per heavy atom. The van der Waals surface area contributed by atoms with Gasteiger partial charge in [-0.15, -0.1) is 0 Å². The van der Waals surface area contributed by atoms with Gasteiger partial charge in [0, 0.05) is 21.5 Å². The van der Waals surface area contributed by atoms with Gasteiger partial charge in [0.1, 0.15) is 17.9 Å². The monoisotopic (exact) mass is 596 g/mol. The van der Waals surface area contributed by atoms with Crippen LogP contribution in [0.3, 0.4) is 0 Å². The highest BCUT2D eigenvalue weighted by atomic mass is 35.5. The van der Waals surface area contributed by atoms with E-state index in [0.29, 0.717) is 22.9 Å². The summed E-state index contributed by atoms with van der Waals surface area (Å²) in [6, 6.07) is 23.6. The van der Waals surface area contributed by atoms with E-state index in [9.17, 15) is 18.0 Å². The summed E-state index contributed by atoms with van der Waals surface area (Å²) < 4.78 is 69.1. The molecular weight excluding hydrogens is 572 g/mol. The molecule has 0 N–H and O–H groups in total. The minimum Gasteiger partial charge on any atom is -0.489 e. The van der Waals surface area contributed by atoms with E-state index in [1.165, 1.54) is 36.4 Å². The van der Waals surface area contributed by atoms with E-state index in [4.69, 9.17) is 21.1 Å². The fourth-order valence-electron chi connectivity index (χ4n) is 4.57. The van der Waals surface area contributed by atoms with Crippen LogP contribution in [0.2, 0.25) is 5.02 Å². The molecule has 0 aliphatic carbocycles. The molecule has 5 nitrogen and oxygen atoms in total. The number of ether oxygens (including phenoxy) is 2. The average Bonchev–Trinajstić information content (AvgIpc) is 3.36. The van der Waals surface area contributed by atoms with Crippen LogP contribution in [0.15, 0.2) is 91.0 Å². The molecule has 216 valence electrons. The van der Waals surface area contributed by atoms with Crippen LogP contribution in [-0.4, -0.2) is 22.4 Å². The SMILES string of the molecule is CCOC(=O)Cc1ccc(COc2ccc(-c3c4cccc(C(F)(F)F)c4nn3C(F)c3ccc(Cl)cc3)cc2)cc1. The summed E-state index contributed by atoms with van der Waals surface area (Å²) in [5, 5.41) is 4.68. The summed E-state index contributed by atoms with van der Waals surface area (Å²) in [5.74, 6) is 0.216. The highest BCUT2D eigenvalue weighted by Crippen LogP contribution is 2.40. The van der Waals surface area contributed by atoms with Crippen molar-refractivity contribution in [2.24, 2.45) is 0 Å². The zero-order chi connectivity index (χ0) is 29.9. The second-order valence-electron chi connectivity index (χ2n) is 9.49. The topological polar surface area (TPSA) is 53.4 Å². The van der Waals surface area contributed by atoms with E-state index in [0.717, 1.165) is 21.9 Å². The number of hydrogen-bond acceptors (Lipinski definition) is 4. The van der Waals surface area contributed by atoms with Crippen LogP contribution in [0.5, 0.6) is 5.75 Å². The van der Waals surface area contributed by atoms with Gasteiger partial charge in [0.15, 0.2) is 0 Å². The number of hydrogen-bond donors (Lipinski definition) is 0. The third-order valence-electron chi connectivity index (χ3n) is 6.60. The van der Waals surface area contributed by atoms with Gasteiger partial charge in [-0.2, -0.15) is 18.3 Å². The lowest BCUT2D eigenvalue weighted by Crippen LogP contribution is -2.09. The molecule has 1 heterocycles. The maximum Gasteiger partial charge on any atom is 0.418 e. The molecule has 0 saturated carbocycles. The number of nitrogens with zero attached hydrogens (tertiary/aromatic N) is 2. The normalized spacial score (nSPS) is 12.3. The molecule has 0 spiro atoms. The first-order valence-electron chi connectivity index (χ1n) is 13.1. The Kier molecular flexibility index (Phi) is 8.49. The van der Waals surface area contributed by atoms with E-state index in [1.54, 1.807) is 31.2 Å². The summed E-state index contributed by atoms with van der Waals surface area (Å²) in [6.07, 6.45) is -6.35. The van der Waals surface area contributed by atoms with E-state index in [2.05, 4.69) is 5.10 Å². The molecular formula is C32H25ClF4N2O3. The maximum absolute atomic E-state index is 15.9. The van der Waals surface area contributed by atoms with Crippen molar-refractivity contribution in [3.05, 3.63) is 118 Å². The molecule has 1 aromatic heterocycles. The number of halogens is 5. The van der Waals surface area contributed by atoms with Crippen LogP contribution in [-0.2, 0) is 28.7 Å². The Labute approximate surface area is 244 Å². The van der Waals surface area contributed by atoms with Crippen molar-refractivity contribution in [3.8, 4) is 17.0 Å². The Morgan fingerprint density at radius 3 is 2.24 bits per heavy atom. The van der Waals surface area contributed by atoms with Crippen molar-refractivity contribution in [3.63, 3.8) is 0 Å². The van der Waals surface area contributed by atoms with Crippen LogP contribution in [0.1, 0.15) is 35.5 Å². The smallest absolute Gasteiger partial charge is 0.418 e. The van der Waals surface area contributed by atoms with Crippen molar-refractivity contribution in [2.45, 2.75) is 32.4 Å². The van der Waals surface area contributed by atoms with Crippen molar-refractivity contribution >= 4 is 28.5 Å². The zero-order valence-corrected chi connectivity index (χ0v) is 23.1. The van der Waals surface area contributed by atoms with Gasteiger partial charge in [0.2, 0.25) is 6.30 Å². The van der Waals surface area contributed by atoms with Gasteiger partial charge < -0.3 is 9.47 Å². The third-order valence-corrected chi connectivity index (χ3v) is 6.86. The van der Waals surface area contributed by atoms with Crippen molar-refractivity contribution < 1.29 is 31.8 Å². The molecule has 0 saturated heterocycles. The average molecular weight is 597 g/mol. The van der Waals surface area contributed by atoms with Crippen molar-refractivity contribution in [1.82, 2.24) is 9.78 Å². The third kappa shape index (κ3) is 6.41. The Bertz CT molecular complexity index is 1680. The molecule has 0 fully saturated rings. The molecule has 0 amide bonds. The van der Waals surface area contributed by atoms with Gasteiger partial charge in [-0.25, -0.2) is 9.07 Å². The lowest BCUT2D eigenvalue weighted by Gasteiger charge is -2.14. The van der Waals surface area contributed by atoms with Crippen LogP contribution in [0.25, 0.3) is 22.2 Å². The minimum atomic E-state index is -4.67. The largest absolute Gasteiger partial charge is 0.489 e. The zero-order valence-electron chi connectivity index (χ0n) is 22.4. The Morgan fingerprint density at radius 1 is 0.929 bits per heavy atom. The van der Waals surface area contributed by atoms with Gasteiger partial charge in [-0.3, -0.25) is 4.79 Å². The number of benzene rings is 4. The van der Waals surface area contributed by atoms with Crippen LogP contribution < -0.4 is 4.74 Å². The second kappa shape index (κ2) is 12.2. The molecule has 1 unspecified atom stereocenters. The van der Waals surface area contributed by atoms with E-state index in [-0.39, 0.29) is 41.2 Å². The lowest BCUT2D eigenvalue weighted by molar-refractivity contribution is -0.142. The van der Waals surface area contributed by atoms with Gasteiger partial charge in [0.25, 0.3) is 0 Å². The maximum atomic E-state index is 15.9. The first-order valence-corrected chi connectivity index (χ1v) is 13.5. The van der Waals surface area contributed by atoms with Gasteiger partial charge in [-0.1, -0.05) is 60.1 Å². The van der Waals surface area contributed by atoms with E-state index >= 15 is 4.39 Å². The molecule has 4 aromatic carbocycles. The van der Waals surface area contributed by atoms with Gasteiger partial charge in [0.05, 0.1) is 24.3 Å². The van der Waals surface area contributed by atoms with Gasteiger partial charge >= 0.3 is 12.1 Å². The predicted molar refractivity (Wildman–Crippen MR) is 152 cm³/mol. The van der Waals surface area contributed by atoms with E-state index < -0.39 is 18.0 Å². The second-order valence-corrected chi connectivity index (χ2v) is 9.93. The summed E-state index contributed by atoms with van der Waals surface area (Å²) in [4.78, 5) is 11.7. The molecule has 10 heteroatoms. The molecule has 42 heavy (non-hydrogen) atoms. The highest BCUT2D eigenvalue weighted by Gasteiger charge is 2.35.